The van der Waals surface area contributed by atoms with E-state index in [1.807, 2.05) is 6.92 Å². The van der Waals surface area contributed by atoms with E-state index in [0.29, 0.717) is 5.95 Å². The third kappa shape index (κ3) is 4.12. The molecule has 0 amide bonds. The molecule has 2 N–H and O–H groups in total. The molecular formula is C11H19BrN4O. The molecular weight excluding hydrogens is 284 g/mol. The second-order valence-corrected chi connectivity index (χ2v) is 4.41. The van der Waals surface area contributed by atoms with Crippen LogP contribution in [-0.4, -0.2) is 41.3 Å². The Kier molecular flexibility index (Phi) is 6.21. The van der Waals surface area contributed by atoms with Crippen LogP contribution in [0.15, 0.2) is 10.7 Å². The summed E-state index contributed by atoms with van der Waals surface area (Å²) in [7, 11) is 0. The van der Waals surface area contributed by atoms with Gasteiger partial charge in [-0.25, -0.2) is 4.98 Å². The molecule has 0 aromatic carbocycles. The maximum atomic E-state index is 8.88. The normalized spacial score (nSPS) is 10.4. The van der Waals surface area contributed by atoms with Gasteiger partial charge in [0.2, 0.25) is 5.95 Å². The van der Waals surface area contributed by atoms with E-state index in [9.17, 15) is 0 Å². The molecule has 0 saturated carbocycles. The Morgan fingerprint density at radius 3 is 2.82 bits per heavy atom. The Hall–Kier alpha value is -0.880. The van der Waals surface area contributed by atoms with Crippen LogP contribution in [0.25, 0.3) is 0 Å². The highest BCUT2D eigenvalue weighted by Gasteiger charge is 2.11. The van der Waals surface area contributed by atoms with Crippen molar-refractivity contribution in [2.24, 2.45) is 0 Å². The van der Waals surface area contributed by atoms with Gasteiger partial charge in [0.05, 0.1) is 4.47 Å². The predicted molar refractivity (Wildman–Crippen MR) is 73.5 cm³/mol. The Balaban J connectivity index is 2.87. The number of aliphatic hydroxyl groups excluding tert-OH is 1. The van der Waals surface area contributed by atoms with Gasteiger partial charge in [0.25, 0.3) is 0 Å². The van der Waals surface area contributed by atoms with E-state index in [1.165, 1.54) is 0 Å². The maximum Gasteiger partial charge on any atom is 0.224 e. The third-order valence-electron chi connectivity index (χ3n) is 2.33. The number of anilines is 2. The molecule has 96 valence electrons. The zero-order valence-electron chi connectivity index (χ0n) is 10.3. The average molecular weight is 303 g/mol. The van der Waals surface area contributed by atoms with E-state index in [4.69, 9.17) is 5.11 Å². The molecule has 0 radical (unpaired) electrons. The summed E-state index contributed by atoms with van der Waals surface area (Å²) in [5.41, 5.74) is 0. The summed E-state index contributed by atoms with van der Waals surface area (Å²) in [6.07, 6.45) is 2.49. The number of halogens is 1. The van der Waals surface area contributed by atoms with E-state index in [1.54, 1.807) is 6.20 Å². The van der Waals surface area contributed by atoms with Gasteiger partial charge in [0.1, 0.15) is 5.82 Å². The lowest BCUT2D eigenvalue weighted by atomic mass is 10.4. The number of hydrogen-bond donors (Lipinski definition) is 2. The van der Waals surface area contributed by atoms with E-state index in [0.717, 1.165) is 36.3 Å². The smallest absolute Gasteiger partial charge is 0.224 e. The van der Waals surface area contributed by atoms with Crippen molar-refractivity contribution in [2.45, 2.75) is 20.3 Å². The molecule has 1 heterocycles. The van der Waals surface area contributed by atoms with Gasteiger partial charge >= 0.3 is 0 Å². The molecule has 0 saturated heterocycles. The summed E-state index contributed by atoms with van der Waals surface area (Å²) in [6, 6.07) is 0. The van der Waals surface area contributed by atoms with Gasteiger partial charge in [-0.2, -0.15) is 4.98 Å². The molecule has 0 aliphatic heterocycles. The first-order valence-corrected chi connectivity index (χ1v) is 6.64. The number of hydrogen-bond acceptors (Lipinski definition) is 5. The fourth-order valence-corrected chi connectivity index (χ4v) is 1.94. The molecule has 0 fully saturated rings. The molecule has 0 bridgehead atoms. The molecule has 17 heavy (non-hydrogen) atoms. The van der Waals surface area contributed by atoms with Crippen LogP contribution in [0.1, 0.15) is 20.3 Å². The highest BCUT2D eigenvalue weighted by molar-refractivity contribution is 9.10. The van der Waals surface area contributed by atoms with Crippen molar-refractivity contribution >= 4 is 27.7 Å². The van der Waals surface area contributed by atoms with Crippen LogP contribution in [0.5, 0.6) is 0 Å². The lowest BCUT2D eigenvalue weighted by Gasteiger charge is -2.22. The Morgan fingerprint density at radius 2 is 2.24 bits per heavy atom. The first-order valence-electron chi connectivity index (χ1n) is 5.85. The monoisotopic (exact) mass is 302 g/mol. The molecule has 0 atom stereocenters. The lowest BCUT2D eigenvalue weighted by molar-refractivity contribution is 0.289. The fourth-order valence-electron chi connectivity index (χ4n) is 1.50. The average Bonchev–Trinajstić information content (AvgIpc) is 2.34. The first kappa shape index (κ1) is 14.2. The van der Waals surface area contributed by atoms with Crippen molar-refractivity contribution in [3.05, 3.63) is 10.7 Å². The number of nitrogens with one attached hydrogen (secondary N) is 1. The Bertz CT molecular complexity index is 348. The SMILES string of the molecule is CCNc1ncc(Br)c(N(CC)CCCO)n1. The summed E-state index contributed by atoms with van der Waals surface area (Å²) in [5, 5.41) is 12.0. The largest absolute Gasteiger partial charge is 0.396 e. The van der Waals surface area contributed by atoms with Crippen molar-refractivity contribution in [2.75, 3.05) is 36.5 Å². The minimum Gasteiger partial charge on any atom is -0.396 e. The van der Waals surface area contributed by atoms with Crippen molar-refractivity contribution in [3.63, 3.8) is 0 Å². The van der Waals surface area contributed by atoms with Gasteiger partial charge < -0.3 is 15.3 Å². The zero-order valence-corrected chi connectivity index (χ0v) is 11.9. The fraction of sp³-hybridized carbons (Fsp3) is 0.636. The first-order chi connectivity index (χ1) is 8.22. The van der Waals surface area contributed by atoms with Crippen LogP contribution < -0.4 is 10.2 Å². The second kappa shape index (κ2) is 7.45. The highest BCUT2D eigenvalue weighted by Crippen LogP contribution is 2.24. The van der Waals surface area contributed by atoms with E-state index >= 15 is 0 Å². The molecule has 6 heteroatoms. The van der Waals surface area contributed by atoms with Crippen molar-refractivity contribution < 1.29 is 5.11 Å². The van der Waals surface area contributed by atoms with E-state index < -0.39 is 0 Å². The quantitative estimate of drug-likeness (QED) is 0.805. The van der Waals surface area contributed by atoms with Crippen LogP contribution in [-0.2, 0) is 0 Å². The van der Waals surface area contributed by atoms with Crippen LogP contribution in [0.4, 0.5) is 11.8 Å². The Labute approximate surface area is 110 Å². The summed E-state index contributed by atoms with van der Waals surface area (Å²) in [4.78, 5) is 10.8. The van der Waals surface area contributed by atoms with Gasteiger partial charge in [-0.1, -0.05) is 0 Å². The molecule has 1 rings (SSSR count). The van der Waals surface area contributed by atoms with Crippen LogP contribution in [0.3, 0.4) is 0 Å². The molecule has 5 nitrogen and oxygen atoms in total. The number of aromatic nitrogens is 2. The second-order valence-electron chi connectivity index (χ2n) is 3.55. The lowest BCUT2D eigenvalue weighted by Crippen LogP contribution is -2.26. The van der Waals surface area contributed by atoms with Gasteiger partial charge in [-0.05, 0) is 36.2 Å². The molecule has 0 aliphatic carbocycles. The number of aliphatic hydroxyl groups is 1. The summed E-state index contributed by atoms with van der Waals surface area (Å²) >= 11 is 3.46. The van der Waals surface area contributed by atoms with Crippen molar-refractivity contribution in [1.29, 1.82) is 0 Å². The van der Waals surface area contributed by atoms with Gasteiger partial charge in [-0.15, -0.1) is 0 Å². The molecule has 1 aromatic rings. The summed E-state index contributed by atoms with van der Waals surface area (Å²) < 4.78 is 0.874. The zero-order chi connectivity index (χ0) is 12.7. The van der Waals surface area contributed by atoms with Crippen molar-refractivity contribution in [1.82, 2.24) is 9.97 Å². The molecule has 0 unspecified atom stereocenters. The van der Waals surface area contributed by atoms with Gasteiger partial charge in [0.15, 0.2) is 0 Å². The van der Waals surface area contributed by atoms with Gasteiger partial charge in [-0.3, -0.25) is 0 Å². The van der Waals surface area contributed by atoms with Gasteiger partial charge in [0, 0.05) is 32.4 Å². The number of rotatable bonds is 7. The van der Waals surface area contributed by atoms with E-state index in [2.05, 4.69) is 43.0 Å². The minimum absolute atomic E-state index is 0.194. The topological polar surface area (TPSA) is 61.3 Å². The standard InChI is InChI=1S/C11H19BrN4O/c1-3-13-11-14-8-9(12)10(15-11)16(4-2)6-5-7-17/h8,17H,3-7H2,1-2H3,(H,13,14,15). The molecule has 0 spiro atoms. The summed E-state index contributed by atoms with van der Waals surface area (Å²) in [5.74, 6) is 1.50. The number of nitrogens with zero attached hydrogens (tertiary/aromatic N) is 3. The Morgan fingerprint density at radius 1 is 1.47 bits per heavy atom. The van der Waals surface area contributed by atoms with Crippen LogP contribution in [0, 0.1) is 0 Å². The van der Waals surface area contributed by atoms with E-state index in [-0.39, 0.29) is 6.61 Å². The van der Waals surface area contributed by atoms with Crippen molar-refractivity contribution in [3.8, 4) is 0 Å². The van der Waals surface area contributed by atoms with Crippen LogP contribution >= 0.6 is 15.9 Å². The third-order valence-corrected chi connectivity index (χ3v) is 2.89. The highest BCUT2D eigenvalue weighted by atomic mass is 79.9. The maximum absolute atomic E-state index is 8.88. The minimum atomic E-state index is 0.194. The van der Waals surface area contributed by atoms with Crippen LogP contribution in [0.2, 0.25) is 0 Å². The summed E-state index contributed by atoms with van der Waals surface area (Å²) in [6.45, 7) is 6.70. The molecule has 0 aliphatic rings. The predicted octanol–water partition coefficient (Wildman–Crippen LogP) is 1.88. The molecule has 1 aromatic heterocycles.